The molecule has 0 saturated heterocycles. The molecule has 0 bridgehead atoms. The number of pyridine rings is 2. The lowest BCUT2D eigenvalue weighted by Gasteiger charge is -2.42. The number of rotatable bonds is 4. The average Bonchev–Trinajstić information content (AvgIpc) is 2.75. The fraction of sp³-hybridized carbons (Fsp3) is 0.160. The topological polar surface area (TPSA) is 75.1 Å². The number of benzene rings is 2. The normalized spacial score (nSPS) is 14.7. The van der Waals surface area contributed by atoms with Crippen LogP contribution in [0.15, 0.2) is 73.1 Å². The van der Waals surface area contributed by atoms with E-state index in [-0.39, 0.29) is 0 Å². The Morgan fingerprint density at radius 2 is 1.84 bits per heavy atom. The molecule has 1 saturated carbocycles. The fourth-order valence-corrected chi connectivity index (χ4v) is 4.47. The first-order chi connectivity index (χ1) is 15.0. The van der Waals surface area contributed by atoms with Gasteiger partial charge in [0, 0.05) is 33.9 Å². The van der Waals surface area contributed by atoms with E-state index in [1.807, 2.05) is 54.6 Å². The van der Waals surface area contributed by atoms with Gasteiger partial charge in [-0.2, -0.15) is 0 Å². The molecule has 4 aromatic rings. The van der Waals surface area contributed by atoms with Crippen molar-refractivity contribution < 1.29 is 9.90 Å². The van der Waals surface area contributed by atoms with E-state index in [9.17, 15) is 9.90 Å². The first-order valence-electron chi connectivity index (χ1n) is 10.2. The second-order valence-corrected chi connectivity index (χ2v) is 8.34. The maximum Gasteiger partial charge on any atom is 0.405 e. The smallest absolute Gasteiger partial charge is 0.405 e. The molecule has 154 valence electrons. The Balaban J connectivity index is 1.62. The zero-order valence-corrected chi connectivity index (χ0v) is 17.4. The second kappa shape index (κ2) is 7.67. The van der Waals surface area contributed by atoms with Crippen molar-refractivity contribution in [1.82, 2.24) is 15.3 Å². The van der Waals surface area contributed by atoms with Crippen molar-refractivity contribution in [2.75, 3.05) is 0 Å². The molecule has 0 spiro atoms. The molecule has 1 amide bonds. The van der Waals surface area contributed by atoms with Gasteiger partial charge >= 0.3 is 6.09 Å². The molecule has 1 aliphatic carbocycles. The molecule has 5 nitrogen and oxygen atoms in total. The van der Waals surface area contributed by atoms with E-state index in [1.54, 1.807) is 12.4 Å². The third kappa shape index (κ3) is 3.62. The molecule has 0 atom stereocenters. The summed E-state index contributed by atoms with van der Waals surface area (Å²) in [6.07, 6.45) is 5.19. The van der Waals surface area contributed by atoms with Gasteiger partial charge in [0.2, 0.25) is 0 Å². The Morgan fingerprint density at radius 1 is 1.03 bits per heavy atom. The number of carbonyl (C=O) groups is 1. The molecule has 0 aliphatic heterocycles. The van der Waals surface area contributed by atoms with Gasteiger partial charge in [0.05, 0.1) is 16.7 Å². The second-order valence-electron chi connectivity index (χ2n) is 7.91. The first-order valence-corrected chi connectivity index (χ1v) is 10.5. The van der Waals surface area contributed by atoms with Crippen molar-refractivity contribution in [1.29, 1.82) is 0 Å². The van der Waals surface area contributed by atoms with Crippen LogP contribution in [0.25, 0.3) is 33.3 Å². The highest BCUT2D eigenvalue weighted by Crippen LogP contribution is 2.42. The van der Waals surface area contributed by atoms with Crippen molar-refractivity contribution in [2.24, 2.45) is 0 Å². The van der Waals surface area contributed by atoms with Crippen molar-refractivity contribution in [3.63, 3.8) is 0 Å². The number of amides is 1. The summed E-state index contributed by atoms with van der Waals surface area (Å²) in [6.45, 7) is 0. The van der Waals surface area contributed by atoms with E-state index < -0.39 is 11.6 Å². The van der Waals surface area contributed by atoms with Crippen molar-refractivity contribution in [3.8, 4) is 22.4 Å². The SMILES string of the molecule is O=C(O)NC1(c2ccc(-c3nc4ccncc4cc3-c3cccc(Cl)c3)cc2)CCC1. The van der Waals surface area contributed by atoms with E-state index in [0.717, 1.165) is 58.1 Å². The predicted octanol–water partition coefficient (Wildman–Crippen LogP) is 6.26. The van der Waals surface area contributed by atoms with E-state index in [0.29, 0.717) is 5.02 Å². The number of nitrogens with zero attached hydrogens (tertiary/aromatic N) is 2. The molecule has 0 radical (unpaired) electrons. The Kier molecular flexibility index (Phi) is 4.83. The van der Waals surface area contributed by atoms with Gasteiger partial charge in [-0.15, -0.1) is 0 Å². The summed E-state index contributed by atoms with van der Waals surface area (Å²) in [7, 11) is 0. The van der Waals surface area contributed by atoms with Crippen LogP contribution in [0.5, 0.6) is 0 Å². The van der Waals surface area contributed by atoms with Gasteiger partial charge < -0.3 is 10.4 Å². The largest absolute Gasteiger partial charge is 0.465 e. The van der Waals surface area contributed by atoms with Crippen LogP contribution in [0.1, 0.15) is 24.8 Å². The third-order valence-corrected chi connectivity index (χ3v) is 6.25. The average molecular weight is 430 g/mol. The Labute approximate surface area is 184 Å². The minimum absolute atomic E-state index is 0.484. The number of aromatic nitrogens is 2. The van der Waals surface area contributed by atoms with Gasteiger partial charge in [0.25, 0.3) is 0 Å². The molecule has 2 aromatic carbocycles. The lowest BCUT2D eigenvalue weighted by atomic mass is 9.71. The summed E-state index contributed by atoms with van der Waals surface area (Å²) in [5.74, 6) is 0. The van der Waals surface area contributed by atoms with Crippen LogP contribution in [0.3, 0.4) is 0 Å². The highest BCUT2D eigenvalue weighted by molar-refractivity contribution is 6.30. The molecule has 1 aliphatic rings. The van der Waals surface area contributed by atoms with Crippen LogP contribution in [0.2, 0.25) is 5.02 Å². The lowest BCUT2D eigenvalue weighted by Crippen LogP contribution is -2.50. The Morgan fingerprint density at radius 3 is 2.52 bits per heavy atom. The van der Waals surface area contributed by atoms with E-state index in [2.05, 4.69) is 16.4 Å². The number of hydrogen-bond donors (Lipinski definition) is 2. The molecule has 2 aromatic heterocycles. The molecule has 31 heavy (non-hydrogen) atoms. The van der Waals surface area contributed by atoms with Crippen molar-refractivity contribution in [3.05, 3.63) is 83.6 Å². The van der Waals surface area contributed by atoms with Gasteiger partial charge in [-0.1, -0.05) is 48.0 Å². The minimum atomic E-state index is -0.989. The van der Waals surface area contributed by atoms with Crippen LogP contribution < -0.4 is 5.32 Å². The number of fused-ring (bicyclic) bond motifs is 1. The van der Waals surface area contributed by atoms with E-state index >= 15 is 0 Å². The minimum Gasteiger partial charge on any atom is -0.465 e. The predicted molar refractivity (Wildman–Crippen MR) is 122 cm³/mol. The van der Waals surface area contributed by atoms with E-state index in [4.69, 9.17) is 16.6 Å². The van der Waals surface area contributed by atoms with Crippen LogP contribution in [0, 0.1) is 0 Å². The van der Waals surface area contributed by atoms with Crippen molar-refractivity contribution >= 4 is 28.6 Å². The lowest BCUT2D eigenvalue weighted by molar-refractivity contribution is 0.144. The quantitative estimate of drug-likeness (QED) is 0.401. The monoisotopic (exact) mass is 429 g/mol. The summed E-state index contributed by atoms with van der Waals surface area (Å²) in [5.41, 5.74) is 5.12. The van der Waals surface area contributed by atoms with Gasteiger partial charge in [-0.05, 0) is 54.7 Å². The summed E-state index contributed by atoms with van der Waals surface area (Å²) in [4.78, 5) is 20.4. The standard InChI is InChI=1S/C25H20ClN3O2/c26-20-4-1-3-17(13-20)21-14-18-15-27-12-9-22(18)28-23(21)16-5-7-19(8-6-16)25(10-2-11-25)29-24(30)31/h1,3-9,12-15,29H,2,10-11H2,(H,30,31). The number of halogens is 1. The summed E-state index contributed by atoms with van der Waals surface area (Å²) in [6, 6.07) is 19.7. The van der Waals surface area contributed by atoms with Gasteiger partial charge in [-0.25, -0.2) is 9.78 Å². The summed E-state index contributed by atoms with van der Waals surface area (Å²) in [5, 5.41) is 13.6. The van der Waals surface area contributed by atoms with Crippen LogP contribution in [-0.2, 0) is 5.54 Å². The molecular formula is C25H20ClN3O2. The van der Waals surface area contributed by atoms with Crippen LogP contribution >= 0.6 is 11.6 Å². The number of nitrogens with one attached hydrogen (secondary N) is 1. The molecule has 2 N–H and O–H groups in total. The summed E-state index contributed by atoms with van der Waals surface area (Å²) < 4.78 is 0. The highest BCUT2D eigenvalue weighted by atomic mass is 35.5. The molecule has 6 heteroatoms. The highest BCUT2D eigenvalue weighted by Gasteiger charge is 2.40. The molecular weight excluding hydrogens is 410 g/mol. The fourth-order valence-electron chi connectivity index (χ4n) is 4.28. The zero-order chi connectivity index (χ0) is 21.4. The Bertz CT molecular complexity index is 1280. The van der Waals surface area contributed by atoms with Gasteiger partial charge in [0.1, 0.15) is 0 Å². The Hall–Kier alpha value is -3.44. The van der Waals surface area contributed by atoms with Crippen LogP contribution in [0.4, 0.5) is 4.79 Å². The molecule has 5 rings (SSSR count). The van der Waals surface area contributed by atoms with Gasteiger partial charge in [-0.3, -0.25) is 4.98 Å². The zero-order valence-electron chi connectivity index (χ0n) is 16.7. The van der Waals surface area contributed by atoms with Crippen LogP contribution in [-0.4, -0.2) is 21.2 Å². The molecule has 1 fully saturated rings. The molecule has 2 heterocycles. The van der Waals surface area contributed by atoms with Crippen molar-refractivity contribution in [2.45, 2.75) is 24.8 Å². The number of carboxylic acid groups (broad SMARTS) is 1. The maximum atomic E-state index is 11.3. The van der Waals surface area contributed by atoms with Gasteiger partial charge in [0.15, 0.2) is 0 Å². The maximum absolute atomic E-state index is 11.3. The molecule has 0 unspecified atom stereocenters. The first kappa shape index (κ1) is 19.5. The number of hydrogen-bond acceptors (Lipinski definition) is 3. The summed E-state index contributed by atoms with van der Waals surface area (Å²) >= 11 is 6.26. The van der Waals surface area contributed by atoms with E-state index in [1.165, 1.54) is 0 Å². The third-order valence-electron chi connectivity index (χ3n) is 6.01.